The summed E-state index contributed by atoms with van der Waals surface area (Å²) in [5.41, 5.74) is 8.10. The number of aryl methyl sites for hydroxylation is 4. The second-order valence-corrected chi connectivity index (χ2v) is 9.55. The minimum atomic E-state index is 0.224. The molecule has 2 unspecified atom stereocenters. The molecule has 0 radical (unpaired) electrons. The highest BCUT2D eigenvalue weighted by Crippen LogP contribution is 2.23. The van der Waals surface area contributed by atoms with Gasteiger partial charge in [-0.1, -0.05) is 36.4 Å². The average Bonchev–Trinajstić information content (AvgIpc) is 2.73. The summed E-state index contributed by atoms with van der Waals surface area (Å²) in [6.45, 7) is 10.6. The summed E-state index contributed by atoms with van der Waals surface area (Å²) in [6, 6.07) is 12.9. The molecule has 0 bridgehead atoms. The SMILES string of the molecule is CSC(NCCCCNC(Nc1c(C)cccc1C)SC)Nc1c(C)cccc1C. The largest absolute Gasteiger partial charge is 0.361 e. The number of thioether (sulfide) groups is 2. The molecule has 0 spiro atoms. The molecule has 166 valence electrons. The van der Waals surface area contributed by atoms with Crippen molar-refractivity contribution in [1.82, 2.24) is 10.6 Å². The summed E-state index contributed by atoms with van der Waals surface area (Å²) in [5, 5.41) is 14.6. The molecule has 0 aliphatic heterocycles. The van der Waals surface area contributed by atoms with E-state index in [0.717, 1.165) is 25.9 Å². The summed E-state index contributed by atoms with van der Waals surface area (Å²) in [5.74, 6) is 0. The number of anilines is 2. The van der Waals surface area contributed by atoms with Gasteiger partial charge in [0.2, 0.25) is 0 Å². The molecule has 0 aromatic heterocycles. The highest BCUT2D eigenvalue weighted by molar-refractivity contribution is 7.99. The van der Waals surface area contributed by atoms with Crippen LogP contribution in [0, 0.1) is 27.7 Å². The van der Waals surface area contributed by atoms with E-state index in [2.05, 4.69) is 97.9 Å². The van der Waals surface area contributed by atoms with E-state index < -0.39 is 0 Å². The van der Waals surface area contributed by atoms with Crippen LogP contribution in [0.4, 0.5) is 11.4 Å². The molecule has 4 N–H and O–H groups in total. The summed E-state index contributed by atoms with van der Waals surface area (Å²) >= 11 is 3.61. The van der Waals surface area contributed by atoms with Crippen molar-refractivity contribution in [2.75, 3.05) is 36.2 Å². The Balaban J connectivity index is 1.70. The summed E-state index contributed by atoms with van der Waals surface area (Å²) in [6.07, 6.45) is 6.57. The molecule has 2 aromatic carbocycles. The summed E-state index contributed by atoms with van der Waals surface area (Å²) in [7, 11) is 0. The van der Waals surface area contributed by atoms with Gasteiger partial charge in [-0.25, -0.2) is 0 Å². The van der Waals surface area contributed by atoms with Gasteiger partial charge in [0.15, 0.2) is 0 Å². The van der Waals surface area contributed by atoms with Crippen molar-refractivity contribution in [3.05, 3.63) is 58.7 Å². The Morgan fingerprint density at radius 2 is 0.967 bits per heavy atom. The Hall–Kier alpha value is -1.34. The van der Waals surface area contributed by atoms with Crippen LogP contribution in [-0.4, -0.2) is 36.6 Å². The van der Waals surface area contributed by atoms with Crippen LogP contribution in [0.15, 0.2) is 36.4 Å². The summed E-state index contributed by atoms with van der Waals surface area (Å²) < 4.78 is 0. The van der Waals surface area contributed by atoms with Crippen LogP contribution in [0.3, 0.4) is 0 Å². The Labute approximate surface area is 191 Å². The molecule has 0 aliphatic rings. The lowest BCUT2D eigenvalue weighted by Crippen LogP contribution is -2.36. The van der Waals surface area contributed by atoms with Gasteiger partial charge in [0.1, 0.15) is 11.0 Å². The second-order valence-electron chi connectivity index (χ2n) is 7.67. The number of hydrogen-bond acceptors (Lipinski definition) is 6. The average molecular weight is 447 g/mol. The minimum Gasteiger partial charge on any atom is -0.361 e. The molecule has 0 amide bonds. The number of rotatable bonds is 13. The predicted octanol–water partition coefficient (Wildman–Crippen LogP) is 5.70. The van der Waals surface area contributed by atoms with Crippen LogP contribution in [0.2, 0.25) is 0 Å². The zero-order valence-corrected chi connectivity index (χ0v) is 20.9. The van der Waals surface area contributed by atoms with Crippen LogP contribution >= 0.6 is 23.5 Å². The zero-order chi connectivity index (χ0) is 21.9. The maximum absolute atomic E-state index is 3.64. The van der Waals surface area contributed by atoms with Gasteiger partial charge < -0.3 is 10.6 Å². The van der Waals surface area contributed by atoms with E-state index >= 15 is 0 Å². The van der Waals surface area contributed by atoms with Crippen LogP contribution in [0.25, 0.3) is 0 Å². The number of para-hydroxylation sites is 2. The van der Waals surface area contributed by atoms with Gasteiger partial charge in [-0.15, -0.1) is 23.5 Å². The maximum atomic E-state index is 3.64. The van der Waals surface area contributed by atoms with Gasteiger partial charge in [0, 0.05) is 11.4 Å². The smallest absolute Gasteiger partial charge is 0.125 e. The topological polar surface area (TPSA) is 48.1 Å². The molecule has 0 fully saturated rings. The number of nitrogens with one attached hydrogen (secondary N) is 4. The van der Waals surface area contributed by atoms with E-state index in [9.17, 15) is 0 Å². The summed E-state index contributed by atoms with van der Waals surface area (Å²) in [4.78, 5) is 0. The van der Waals surface area contributed by atoms with Crippen LogP contribution < -0.4 is 21.3 Å². The predicted molar refractivity (Wildman–Crippen MR) is 139 cm³/mol. The van der Waals surface area contributed by atoms with Gasteiger partial charge in [-0.05, 0) is 88.4 Å². The first-order chi connectivity index (χ1) is 14.5. The Morgan fingerprint density at radius 3 is 1.27 bits per heavy atom. The molecular weight excluding hydrogens is 408 g/mol. The van der Waals surface area contributed by atoms with E-state index in [1.54, 1.807) is 0 Å². The van der Waals surface area contributed by atoms with E-state index in [0.29, 0.717) is 0 Å². The van der Waals surface area contributed by atoms with E-state index in [1.165, 1.54) is 33.6 Å². The van der Waals surface area contributed by atoms with Crippen molar-refractivity contribution in [1.29, 1.82) is 0 Å². The van der Waals surface area contributed by atoms with E-state index in [4.69, 9.17) is 0 Å². The lowest BCUT2D eigenvalue weighted by atomic mass is 10.1. The zero-order valence-electron chi connectivity index (χ0n) is 19.3. The van der Waals surface area contributed by atoms with E-state index in [1.807, 2.05) is 23.5 Å². The van der Waals surface area contributed by atoms with Crippen molar-refractivity contribution in [2.24, 2.45) is 0 Å². The lowest BCUT2D eigenvalue weighted by molar-refractivity contribution is 0.585. The molecule has 0 saturated heterocycles. The van der Waals surface area contributed by atoms with Crippen molar-refractivity contribution < 1.29 is 0 Å². The van der Waals surface area contributed by atoms with Gasteiger partial charge in [0.25, 0.3) is 0 Å². The maximum Gasteiger partial charge on any atom is 0.125 e. The quantitative estimate of drug-likeness (QED) is 0.234. The second kappa shape index (κ2) is 13.2. The molecule has 2 rings (SSSR count). The first kappa shape index (κ1) is 24.9. The van der Waals surface area contributed by atoms with Crippen molar-refractivity contribution in [2.45, 2.75) is 51.5 Å². The fraction of sp³-hybridized carbons (Fsp3) is 0.500. The third kappa shape index (κ3) is 7.73. The van der Waals surface area contributed by atoms with Gasteiger partial charge in [-0.2, -0.15) is 0 Å². The Kier molecular flexibility index (Phi) is 10.9. The Bertz CT molecular complexity index is 676. The lowest BCUT2D eigenvalue weighted by Gasteiger charge is -2.23. The molecular formula is C24H38N4S2. The third-order valence-electron chi connectivity index (χ3n) is 5.25. The number of benzene rings is 2. The highest BCUT2D eigenvalue weighted by Gasteiger charge is 2.11. The van der Waals surface area contributed by atoms with Gasteiger partial charge in [0.05, 0.1) is 0 Å². The molecule has 4 nitrogen and oxygen atoms in total. The van der Waals surface area contributed by atoms with Gasteiger partial charge in [-0.3, -0.25) is 10.6 Å². The number of unbranched alkanes of at least 4 members (excludes halogenated alkanes) is 1. The van der Waals surface area contributed by atoms with Gasteiger partial charge >= 0.3 is 0 Å². The van der Waals surface area contributed by atoms with Crippen molar-refractivity contribution in [3.8, 4) is 0 Å². The van der Waals surface area contributed by atoms with Crippen molar-refractivity contribution in [3.63, 3.8) is 0 Å². The molecule has 30 heavy (non-hydrogen) atoms. The fourth-order valence-corrected chi connectivity index (χ4v) is 4.49. The van der Waals surface area contributed by atoms with Crippen LogP contribution in [0.1, 0.15) is 35.1 Å². The fourth-order valence-electron chi connectivity index (χ4n) is 3.45. The molecule has 2 aromatic rings. The normalized spacial score (nSPS) is 13.1. The first-order valence-electron chi connectivity index (χ1n) is 10.6. The molecule has 0 saturated carbocycles. The Morgan fingerprint density at radius 1 is 0.633 bits per heavy atom. The third-order valence-corrected chi connectivity index (χ3v) is 6.76. The molecule has 0 aliphatic carbocycles. The van der Waals surface area contributed by atoms with Crippen LogP contribution in [0.5, 0.6) is 0 Å². The monoisotopic (exact) mass is 446 g/mol. The van der Waals surface area contributed by atoms with Crippen LogP contribution in [-0.2, 0) is 0 Å². The standard InChI is InChI=1S/C24H38N4S2/c1-17-11-9-12-18(2)21(17)27-23(29-5)25-15-7-8-16-26-24(30-6)28-22-19(3)13-10-14-20(22)4/h9-14,23-28H,7-8,15-16H2,1-6H3. The van der Waals surface area contributed by atoms with Crippen molar-refractivity contribution >= 4 is 34.9 Å². The first-order valence-corrected chi connectivity index (χ1v) is 13.2. The minimum absolute atomic E-state index is 0.224. The molecule has 2 atom stereocenters. The molecule has 6 heteroatoms. The van der Waals surface area contributed by atoms with E-state index in [-0.39, 0.29) is 11.0 Å². The highest BCUT2D eigenvalue weighted by atomic mass is 32.2. The molecule has 0 heterocycles. The number of hydrogen-bond donors (Lipinski definition) is 4.